The van der Waals surface area contributed by atoms with Crippen molar-refractivity contribution in [3.05, 3.63) is 121 Å². The maximum atomic E-state index is 12.2. The number of aromatic nitrogens is 1. The molecule has 0 unspecified atom stereocenters. The minimum atomic E-state index is -0.327. The second kappa shape index (κ2) is 9.88. The van der Waals surface area contributed by atoms with Gasteiger partial charge in [0.05, 0.1) is 11.9 Å². The highest BCUT2D eigenvalue weighted by Crippen LogP contribution is 2.22. The number of fused-ring (bicyclic) bond motifs is 1. The van der Waals surface area contributed by atoms with Gasteiger partial charge in [0.1, 0.15) is 5.75 Å². The summed E-state index contributed by atoms with van der Waals surface area (Å²) in [5.74, 6) is 0.302. The van der Waals surface area contributed by atoms with E-state index < -0.39 is 0 Å². The number of nitrogens with zero attached hydrogens (tertiary/aromatic N) is 2. The summed E-state index contributed by atoms with van der Waals surface area (Å²) < 4.78 is 7.61. The average molecular weight is 446 g/mol. The molecule has 5 heteroatoms. The van der Waals surface area contributed by atoms with Crippen molar-refractivity contribution >= 4 is 22.9 Å². The summed E-state index contributed by atoms with van der Waals surface area (Å²) >= 11 is 0. The second-order valence-electron chi connectivity index (χ2n) is 7.81. The molecule has 5 aromatic rings. The molecule has 0 spiro atoms. The Morgan fingerprint density at radius 3 is 2.35 bits per heavy atom. The van der Waals surface area contributed by atoms with Gasteiger partial charge in [-0.1, -0.05) is 72.8 Å². The van der Waals surface area contributed by atoms with Crippen LogP contribution in [0, 0.1) is 0 Å². The third-order valence-electron chi connectivity index (χ3n) is 5.51. The maximum Gasteiger partial charge on any atom is 0.277 e. The molecule has 0 radical (unpaired) electrons. The molecule has 5 nitrogen and oxygen atoms in total. The van der Waals surface area contributed by atoms with E-state index in [0.717, 1.165) is 22.5 Å². The van der Waals surface area contributed by atoms with E-state index in [0.29, 0.717) is 5.75 Å². The molecule has 0 bridgehead atoms. The van der Waals surface area contributed by atoms with Gasteiger partial charge in [-0.3, -0.25) is 4.79 Å². The average Bonchev–Trinajstić information content (AvgIpc) is 3.36. The van der Waals surface area contributed by atoms with Crippen molar-refractivity contribution < 1.29 is 9.53 Å². The molecule has 1 aromatic heterocycles. The SMILES string of the molecule is O=C(COc1ccc(-c2ccccc2)cc1)N/N=C\c1cccn1-c1ccc2ccccc2c1. The third-order valence-corrected chi connectivity index (χ3v) is 5.51. The number of benzene rings is 4. The Labute approximate surface area is 197 Å². The quantitative estimate of drug-likeness (QED) is 0.253. The Bertz CT molecular complexity index is 1440. The van der Waals surface area contributed by atoms with Crippen molar-refractivity contribution in [1.29, 1.82) is 0 Å². The van der Waals surface area contributed by atoms with E-state index in [1.54, 1.807) is 6.21 Å². The monoisotopic (exact) mass is 445 g/mol. The molecule has 0 aliphatic carbocycles. The molecule has 0 saturated heterocycles. The third kappa shape index (κ3) is 4.89. The van der Waals surface area contributed by atoms with Crippen molar-refractivity contribution in [1.82, 2.24) is 9.99 Å². The normalized spacial score (nSPS) is 11.1. The topological polar surface area (TPSA) is 55.6 Å². The van der Waals surface area contributed by atoms with Crippen molar-refractivity contribution in [2.75, 3.05) is 6.61 Å². The Hall–Kier alpha value is -4.64. The van der Waals surface area contributed by atoms with Gasteiger partial charge in [-0.25, -0.2) is 5.43 Å². The van der Waals surface area contributed by atoms with E-state index in [4.69, 9.17) is 4.74 Å². The number of carbonyl (C=O) groups is 1. The lowest BCUT2D eigenvalue weighted by Gasteiger charge is -2.08. The van der Waals surface area contributed by atoms with Crippen LogP contribution in [0.25, 0.3) is 27.6 Å². The van der Waals surface area contributed by atoms with Crippen LogP contribution in [0.2, 0.25) is 0 Å². The number of rotatable bonds is 7. The van der Waals surface area contributed by atoms with E-state index in [1.165, 1.54) is 10.8 Å². The van der Waals surface area contributed by atoms with E-state index in [2.05, 4.69) is 53.0 Å². The number of hydrogen-bond donors (Lipinski definition) is 1. The molecule has 0 aliphatic heterocycles. The zero-order chi connectivity index (χ0) is 23.2. The Balaban J connectivity index is 1.17. The molecular weight excluding hydrogens is 422 g/mol. The van der Waals surface area contributed by atoms with Crippen molar-refractivity contribution in [3.8, 4) is 22.6 Å². The minimum absolute atomic E-state index is 0.117. The molecule has 1 N–H and O–H groups in total. The van der Waals surface area contributed by atoms with E-state index in [-0.39, 0.29) is 12.5 Å². The van der Waals surface area contributed by atoms with Crippen LogP contribution in [0.1, 0.15) is 5.69 Å². The van der Waals surface area contributed by atoms with Gasteiger partial charge in [-0.15, -0.1) is 0 Å². The van der Waals surface area contributed by atoms with Crippen molar-refractivity contribution in [2.24, 2.45) is 5.10 Å². The first-order chi connectivity index (χ1) is 16.8. The summed E-state index contributed by atoms with van der Waals surface area (Å²) in [4.78, 5) is 12.2. The molecular formula is C29H23N3O2. The number of ether oxygens (including phenoxy) is 1. The van der Waals surface area contributed by atoms with Gasteiger partial charge in [0, 0.05) is 11.9 Å². The lowest BCUT2D eigenvalue weighted by Crippen LogP contribution is -2.24. The van der Waals surface area contributed by atoms with Crippen LogP contribution in [0.4, 0.5) is 0 Å². The highest BCUT2D eigenvalue weighted by molar-refractivity contribution is 5.86. The molecule has 34 heavy (non-hydrogen) atoms. The lowest BCUT2D eigenvalue weighted by atomic mass is 10.1. The first kappa shape index (κ1) is 21.2. The number of hydrazone groups is 1. The molecule has 0 aliphatic rings. The molecule has 0 atom stereocenters. The zero-order valence-electron chi connectivity index (χ0n) is 18.5. The van der Waals surface area contributed by atoms with Crippen LogP contribution < -0.4 is 10.2 Å². The predicted octanol–water partition coefficient (Wildman–Crippen LogP) is 5.83. The largest absolute Gasteiger partial charge is 0.484 e. The standard InChI is InChI=1S/C29H23N3O2/c33-29(21-34-28-16-13-24(14-17-28)22-7-2-1-3-8-22)31-30-20-27-11-6-18-32(27)26-15-12-23-9-4-5-10-25(23)19-26/h1-20H,21H2,(H,31,33)/b30-20-. The van der Waals surface area contributed by atoms with Gasteiger partial charge in [-0.2, -0.15) is 5.10 Å². The van der Waals surface area contributed by atoms with Gasteiger partial charge >= 0.3 is 0 Å². The van der Waals surface area contributed by atoms with Gasteiger partial charge in [0.15, 0.2) is 6.61 Å². The molecule has 1 heterocycles. The number of hydrogen-bond acceptors (Lipinski definition) is 3. The minimum Gasteiger partial charge on any atom is -0.484 e. The van der Waals surface area contributed by atoms with Crippen LogP contribution in [-0.2, 0) is 4.79 Å². The second-order valence-corrected chi connectivity index (χ2v) is 7.81. The number of carbonyl (C=O) groups excluding carboxylic acids is 1. The first-order valence-electron chi connectivity index (χ1n) is 11.0. The highest BCUT2D eigenvalue weighted by Gasteiger charge is 2.05. The lowest BCUT2D eigenvalue weighted by molar-refractivity contribution is -0.123. The summed E-state index contributed by atoms with van der Waals surface area (Å²) in [6.07, 6.45) is 3.59. The van der Waals surface area contributed by atoms with Crippen LogP contribution in [0.5, 0.6) is 5.75 Å². The Kier molecular flexibility index (Phi) is 6.16. The van der Waals surface area contributed by atoms with E-state index in [1.807, 2.05) is 77.5 Å². The Morgan fingerprint density at radius 1 is 0.794 bits per heavy atom. The van der Waals surface area contributed by atoms with Crippen LogP contribution in [-0.4, -0.2) is 23.3 Å². The fourth-order valence-electron chi connectivity index (χ4n) is 3.79. The number of nitrogens with one attached hydrogen (secondary N) is 1. The van der Waals surface area contributed by atoms with E-state index in [9.17, 15) is 4.79 Å². The van der Waals surface area contributed by atoms with Crippen molar-refractivity contribution in [3.63, 3.8) is 0 Å². The summed E-state index contributed by atoms with van der Waals surface area (Å²) in [6.45, 7) is -0.117. The molecule has 5 rings (SSSR count). The van der Waals surface area contributed by atoms with E-state index >= 15 is 0 Å². The van der Waals surface area contributed by atoms with Crippen LogP contribution in [0.15, 0.2) is 120 Å². The van der Waals surface area contributed by atoms with Crippen LogP contribution in [0.3, 0.4) is 0 Å². The van der Waals surface area contributed by atoms with Gasteiger partial charge in [0.25, 0.3) is 5.91 Å². The zero-order valence-corrected chi connectivity index (χ0v) is 18.5. The summed E-state index contributed by atoms with van der Waals surface area (Å²) in [5, 5.41) is 6.46. The van der Waals surface area contributed by atoms with Gasteiger partial charge < -0.3 is 9.30 Å². The summed E-state index contributed by atoms with van der Waals surface area (Å²) in [5.41, 5.74) is 6.64. The first-order valence-corrected chi connectivity index (χ1v) is 11.0. The molecule has 0 fully saturated rings. The highest BCUT2D eigenvalue weighted by atomic mass is 16.5. The molecule has 166 valence electrons. The maximum absolute atomic E-state index is 12.2. The Morgan fingerprint density at radius 2 is 1.53 bits per heavy atom. The summed E-state index contributed by atoms with van der Waals surface area (Å²) in [6, 6.07) is 36.2. The van der Waals surface area contributed by atoms with Gasteiger partial charge in [-0.05, 0) is 58.3 Å². The number of amides is 1. The fourth-order valence-corrected chi connectivity index (χ4v) is 3.79. The van der Waals surface area contributed by atoms with Crippen molar-refractivity contribution in [2.45, 2.75) is 0 Å². The fraction of sp³-hybridized carbons (Fsp3) is 0.0345. The van der Waals surface area contributed by atoms with Crippen LogP contribution >= 0.6 is 0 Å². The molecule has 0 saturated carbocycles. The molecule has 1 amide bonds. The molecule has 4 aromatic carbocycles. The van der Waals surface area contributed by atoms with Gasteiger partial charge in [0.2, 0.25) is 0 Å². The smallest absolute Gasteiger partial charge is 0.277 e. The summed E-state index contributed by atoms with van der Waals surface area (Å²) in [7, 11) is 0. The predicted molar refractivity (Wildman–Crippen MR) is 136 cm³/mol.